The minimum atomic E-state index is 0.0603. The minimum Gasteiger partial charge on any atom is -0.497 e. The molecular weight excluding hydrogens is 440 g/mol. The van der Waals surface area contributed by atoms with E-state index in [4.69, 9.17) is 9.72 Å². The third kappa shape index (κ3) is 3.73. The van der Waals surface area contributed by atoms with Crippen LogP contribution in [0.2, 0.25) is 0 Å². The first-order valence-electron chi connectivity index (χ1n) is 11.6. The van der Waals surface area contributed by atoms with Crippen molar-refractivity contribution in [2.24, 2.45) is 0 Å². The summed E-state index contributed by atoms with van der Waals surface area (Å²) in [5.74, 6) is 2.34. The van der Waals surface area contributed by atoms with Crippen molar-refractivity contribution in [2.75, 3.05) is 38.2 Å². The summed E-state index contributed by atoms with van der Waals surface area (Å²) in [5, 5.41) is 10.1. The van der Waals surface area contributed by atoms with Crippen LogP contribution >= 0.6 is 0 Å². The number of rotatable bonds is 4. The van der Waals surface area contributed by atoms with Gasteiger partial charge in [-0.05, 0) is 48.5 Å². The van der Waals surface area contributed by atoms with Crippen LogP contribution in [0, 0.1) is 0 Å². The molecule has 0 N–H and O–H groups in total. The molecular formula is C27H24N6O2. The number of anilines is 1. The molecule has 1 amide bonds. The highest BCUT2D eigenvalue weighted by molar-refractivity contribution is 5.95. The highest BCUT2D eigenvalue weighted by Gasteiger charge is 2.26. The van der Waals surface area contributed by atoms with Gasteiger partial charge in [-0.15, -0.1) is 10.2 Å². The first-order chi connectivity index (χ1) is 17.2. The fourth-order valence-electron chi connectivity index (χ4n) is 4.58. The minimum absolute atomic E-state index is 0.0603. The van der Waals surface area contributed by atoms with E-state index in [9.17, 15) is 4.79 Å². The maximum Gasteiger partial charge on any atom is 0.253 e. The molecule has 174 valence electrons. The fourth-order valence-corrected chi connectivity index (χ4v) is 4.58. The Kier molecular flexibility index (Phi) is 5.25. The molecule has 6 rings (SSSR count). The average molecular weight is 465 g/mol. The molecule has 35 heavy (non-hydrogen) atoms. The van der Waals surface area contributed by atoms with Crippen LogP contribution in [0.3, 0.4) is 0 Å². The Balaban J connectivity index is 1.39. The van der Waals surface area contributed by atoms with Crippen molar-refractivity contribution >= 4 is 28.4 Å². The van der Waals surface area contributed by atoms with Gasteiger partial charge in [-0.2, -0.15) is 0 Å². The Bertz CT molecular complexity index is 1510. The maximum absolute atomic E-state index is 12.9. The number of carbonyl (C=O) groups excluding carboxylic acids is 1. The summed E-state index contributed by atoms with van der Waals surface area (Å²) < 4.78 is 7.34. The van der Waals surface area contributed by atoms with E-state index in [1.807, 2.05) is 88.2 Å². The Morgan fingerprint density at radius 2 is 1.54 bits per heavy atom. The number of hydrogen-bond donors (Lipinski definition) is 0. The number of fused-ring (bicyclic) bond motifs is 3. The van der Waals surface area contributed by atoms with Crippen LogP contribution in [-0.4, -0.2) is 63.7 Å². The predicted molar refractivity (Wildman–Crippen MR) is 135 cm³/mol. The number of benzene rings is 3. The number of hydrogen-bond acceptors (Lipinski definition) is 6. The summed E-state index contributed by atoms with van der Waals surface area (Å²) >= 11 is 0. The molecule has 0 bridgehead atoms. The molecule has 3 aromatic carbocycles. The lowest BCUT2D eigenvalue weighted by Gasteiger charge is -2.35. The molecule has 1 saturated heterocycles. The van der Waals surface area contributed by atoms with Crippen molar-refractivity contribution in [3.63, 3.8) is 0 Å². The molecule has 8 heteroatoms. The number of ether oxygens (including phenoxy) is 1. The van der Waals surface area contributed by atoms with Crippen molar-refractivity contribution in [1.82, 2.24) is 24.5 Å². The van der Waals surface area contributed by atoms with E-state index < -0.39 is 0 Å². The lowest BCUT2D eigenvalue weighted by molar-refractivity contribution is 0.0746. The van der Waals surface area contributed by atoms with Gasteiger partial charge in [0.1, 0.15) is 5.75 Å². The van der Waals surface area contributed by atoms with Crippen LogP contribution in [0.4, 0.5) is 5.95 Å². The lowest BCUT2D eigenvalue weighted by atomic mass is 10.2. The summed E-state index contributed by atoms with van der Waals surface area (Å²) in [6.45, 7) is 2.56. The second-order valence-corrected chi connectivity index (χ2v) is 8.49. The van der Waals surface area contributed by atoms with Crippen LogP contribution in [0.5, 0.6) is 5.75 Å². The van der Waals surface area contributed by atoms with Crippen molar-refractivity contribution in [1.29, 1.82) is 0 Å². The monoisotopic (exact) mass is 464 g/mol. The van der Waals surface area contributed by atoms with Gasteiger partial charge >= 0.3 is 0 Å². The number of carbonyl (C=O) groups is 1. The van der Waals surface area contributed by atoms with Gasteiger partial charge in [-0.25, -0.2) is 9.38 Å². The van der Waals surface area contributed by atoms with Crippen molar-refractivity contribution in [3.8, 4) is 17.1 Å². The number of para-hydroxylation sites is 1. The zero-order valence-corrected chi connectivity index (χ0v) is 19.3. The van der Waals surface area contributed by atoms with Gasteiger partial charge in [0.15, 0.2) is 11.5 Å². The second kappa shape index (κ2) is 8.72. The number of aromatic nitrogens is 4. The molecule has 3 heterocycles. The van der Waals surface area contributed by atoms with Crippen LogP contribution in [0.25, 0.3) is 27.9 Å². The molecule has 0 saturated carbocycles. The lowest BCUT2D eigenvalue weighted by Crippen LogP contribution is -2.49. The van der Waals surface area contributed by atoms with Gasteiger partial charge in [-0.1, -0.05) is 30.3 Å². The quantitative estimate of drug-likeness (QED) is 0.401. The van der Waals surface area contributed by atoms with E-state index >= 15 is 0 Å². The predicted octanol–water partition coefficient (Wildman–Crippen LogP) is 3.92. The third-order valence-electron chi connectivity index (χ3n) is 6.45. The van der Waals surface area contributed by atoms with Crippen LogP contribution in [0.15, 0.2) is 78.9 Å². The summed E-state index contributed by atoms with van der Waals surface area (Å²) in [6, 6.07) is 25.2. The Labute approximate surface area is 202 Å². The van der Waals surface area contributed by atoms with E-state index in [2.05, 4.69) is 15.1 Å². The van der Waals surface area contributed by atoms with E-state index in [0.717, 1.165) is 39.6 Å². The van der Waals surface area contributed by atoms with Crippen LogP contribution < -0.4 is 9.64 Å². The highest BCUT2D eigenvalue weighted by Crippen LogP contribution is 2.29. The Morgan fingerprint density at radius 3 is 2.29 bits per heavy atom. The first-order valence-corrected chi connectivity index (χ1v) is 11.6. The summed E-state index contributed by atoms with van der Waals surface area (Å²) in [6.07, 6.45) is 0. The van der Waals surface area contributed by atoms with Crippen molar-refractivity contribution in [3.05, 3.63) is 84.4 Å². The Morgan fingerprint density at radius 1 is 0.829 bits per heavy atom. The topological polar surface area (TPSA) is 75.9 Å². The zero-order chi connectivity index (χ0) is 23.8. The van der Waals surface area contributed by atoms with Gasteiger partial charge in [-0.3, -0.25) is 4.79 Å². The smallest absolute Gasteiger partial charge is 0.253 e. The number of amides is 1. The molecule has 2 aromatic heterocycles. The van der Waals surface area contributed by atoms with Crippen LogP contribution in [-0.2, 0) is 0 Å². The molecule has 1 aliphatic rings. The molecule has 0 radical (unpaired) electrons. The van der Waals surface area contributed by atoms with Crippen molar-refractivity contribution in [2.45, 2.75) is 0 Å². The van der Waals surface area contributed by atoms with Crippen molar-refractivity contribution < 1.29 is 9.53 Å². The largest absolute Gasteiger partial charge is 0.497 e. The standard InChI is InChI=1S/C27H24N6O2/c1-35-21-13-11-19(12-14-21)24-29-30-25-22-9-5-6-10-23(22)28-27(33(24)25)32-17-15-31(16-18-32)26(34)20-7-3-2-4-8-20/h2-14H,15-18H2,1H3. The molecule has 1 fully saturated rings. The first kappa shape index (κ1) is 21.1. The molecule has 0 aliphatic carbocycles. The molecule has 5 aromatic rings. The summed E-state index contributed by atoms with van der Waals surface area (Å²) in [5.41, 5.74) is 3.27. The number of piperazine rings is 1. The van der Waals surface area contributed by atoms with Gasteiger partial charge in [0, 0.05) is 42.7 Å². The normalized spacial score (nSPS) is 14.0. The van der Waals surface area contributed by atoms with Gasteiger partial charge in [0.25, 0.3) is 5.91 Å². The van der Waals surface area contributed by atoms with E-state index in [1.54, 1.807) is 7.11 Å². The second-order valence-electron chi connectivity index (χ2n) is 8.49. The number of nitrogens with zero attached hydrogens (tertiary/aromatic N) is 6. The number of methoxy groups -OCH3 is 1. The van der Waals surface area contributed by atoms with Crippen LogP contribution in [0.1, 0.15) is 10.4 Å². The van der Waals surface area contributed by atoms with E-state index in [-0.39, 0.29) is 5.91 Å². The maximum atomic E-state index is 12.9. The zero-order valence-electron chi connectivity index (χ0n) is 19.3. The SMILES string of the molecule is COc1ccc(-c2nnc3c4ccccc4nc(N4CCN(C(=O)c5ccccc5)CC4)n23)cc1. The average Bonchev–Trinajstić information content (AvgIpc) is 3.38. The van der Waals surface area contributed by atoms with Gasteiger partial charge < -0.3 is 14.5 Å². The molecule has 0 spiro atoms. The molecule has 0 unspecified atom stereocenters. The van der Waals surface area contributed by atoms with Gasteiger partial charge in [0.2, 0.25) is 5.95 Å². The summed E-state index contributed by atoms with van der Waals surface area (Å²) in [7, 11) is 1.65. The van der Waals surface area contributed by atoms with Gasteiger partial charge in [0.05, 0.1) is 12.6 Å². The molecule has 1 aliphatic heterocycles. The third-order valence-corrected chi connectivity index (χ3v) is 6.45. The molecule has 8 nitrogen and oxygen atoms in total. The summed E-state index contributed by atoms with van der Waals surface area (Å²) in [4.78, 5) is 22.1. The molecule has 0 atom stereocenters. The van der Waals surface area contributed by atoms with E-state index in [0.29, 0.717) is 31.7 Å². The Hall–Kier alpha value is -4.46. The van der Waals surface area contributed by atoms with E-state index in [1.165, 1.54) is 0 Å². The highest BCUT2D eigenvalue weighted by atomic mass is 16.5. The fraction of sp³-hybridized carbons (Fsp3) is 0.185.